The molecule has 1 aliphatic heterocycles. The normalized spacial score (nSPS) is 18.4. The number of aromatic nitrogens is 3. The van der Waals surface area contributed by atoms with Crippen LogP contribution >= 0.6 is 0 Å². The lowest BCUT2D eigenvalue weighted by molar-refractivity contribution is -0.137. The molecule has 3 heterocycles. The largest absolute Gasteiger partial charge is 0.417 e. The highest BCUT2D eigenvalue weighted by Crippen LogP contribution is 2.31. The number of nitrogens with one attached hydrogen (secondary N) is 1. The molecular formula is C25H25F4N5O. The summed E-state index contributed by atoms with van der Waals surface area (Å²) >= 11 is 0. The van der Waals surface area contributed by atoms with Gasteiger partial charge in [0.15, 0.2) is 5.82 Å². The zero-order chi connectivity index (χ0) is 25.2. The molecule has 0 aliphatic carbocycles. The summed E-state index contributed by atoms with van der Waals surface area (Å²) in [4.78, 5) is 27.8. The number of aryl methyl sites for hydroxylation is 1. The molecule has 4 rings (SSSR count). The predicted molar refractivity (Wildman–Crippen MR) is 123 cm³/mol. The lowest BCUT2D eigenvalue weighted by Crippen LogP contribution is -2.51. The number of amides is 1. The van der Waals surface area contributed by atoms with Crippen molar-refractivity contribution < 1.29 is 22.4 Å². The monoisotopic (exact) mass is 487 g/mol. The molecule has 1 saturated heterocycles. The quantitative estimate of drug-likeness (QED) is 0.491. The van der Waals surface area contributed by atoms with Gasteiger partial charge in [0, 0.05) is 37.2 Å². The SMILES string of the molecule is Cc1cc(C(=O)N2CCC[C@@H](C)C2CNc2ccc(C(F)(F)F)cn2)c(-c2ncccn2)cc1F. The van der Waals surface area contributed by atoms with E-state index in [1.165, 1.54) is 30.6 Å². The first-order chi connectivity index (χ1) is 16.6. The maximum Gasteiger partial charge on any atom is 0.417 e. The Hall–Kier alpha value is -3.56. The number of nitrogens with zero attached hydrogens (tertiary/aromatic N) is 4. The number of rotatable bonds is 5. The van der Waals surface area contributed by atoms with Crippen molar-refractivity contribution in [3.63, 3.8) is 0 Å². The molecule has 0 radical (unpaired) electrons. The van der Waals surface area contributed by atoms with Gasteiger partial charge in [-0.25, -0.2) is 19.3 Å². The van der Waals surface area contributed by atoms with Gasteiger partial charge in [0.05, 0.1) is 17.2 Å². The summed E-state index contributed by atoms with van der Waals surface area (Å²) in [5, 5.41) is 3.07. The smallest absolute Gasteiger partial charge is 0.368 e. The van der Waals surface area contributed by atoms with E-state index in [0.29, 0.717) is 35.6 Å². The number of halogens is 4. The summed E-state index contributed by atoms with van der Waals surface area (Å²) in [5.41, 5.74) is 0.129. The van der Waals surface area contributed by atoms with Gasteiger partial charge < -0.3 is 10.2 Å². The second kappa shape index (κ2) is 9.97. The molecule has 2 atom stereocenters. The number of benzene rings is 1. The van der Waals surface area contributed by atoms with Crippen molar-refractivity contribution in [1.29, 1.82) is 0 Å². The van der Waals surface area contributed by atoms with E-state index in [1.54, 1.807) is 17.9 Å². The van der Waals surface area contributed by atoms with Crippen molar-refractivity contribution in [2.24, 2.45) is 5.92 Å². The molecule has 0 saturated carbocycles. The van der Waals surface area contributed by atoms with Crippen molar-refractivity contribution in [1.82, 2.24) is 19.9 Å². The lowest BCUT2D eigenvalue weighted by atomic mass is 9.89. The van der Waals surface area contributed by atoms with Crippen LogP contribution in [0, 0.1) is 18.7 Å². The molecule has 184 valence electrons. The minimum Gasteiger partial charge on any atom is -0.368 e. The van der Waals surface area contributed by atoms with Crippen LogP contribution in [0.1, 0.15) is 41.3 Å². The highest BCUT2D eigenvalue weighted by molar-refractivity contribution is 6.00. The molecule has 2 aromatic heterocycles. The number of likely N-dealkylation sites (tertiary alicyclic amines) is 1. The van der Waals surface area contributed by atoms with E-state index < -0.39 is 17.6 Å². The maximum atomic E-state index is 14.4. The van der Waals surface area contributed by atoms with Crippen LogP contribution in [0.2, 0.25) is 0 Å². The maximum absolute atomic E-state index is 14.4. The molecule has 35 heavy (non-hydrogen) atoms. The number of hydrogen-bond donors (Lipinski definition) is 1. The lowest BCUT2D eigenvalue weighted by Gasteiger charge is -2.40. The van der Waals surface area contributed by atoms with E-state index in [9.17, 15) is 22.4 Å². The van der Waals surface area contributed by atoms with E-state index in [2.05, 4.69) is 20.3 Å². The van der Waals surface area contributed by atoms with E-state index in [4.69, 9.17) is 0 Å². The molecule has 1 aliphatic rings. The first-order valence-electron chi connectivity index (χ1n) is 11.3. The molecule has 0 spiro atoms. The zero-order valence-corrected chi connectivity index (χ0v) is 19.3. The summed E-state index contributed by atoms with van der Waals surface area (Å²) < 4.78 is 52.9. The summed E-state index contributed by atoms with van der Waals surface area (Å²) in [6.07, 6.45) is 1.08. The molecule has 0 bridgehead atoms. The Labute approximate surface area is 200 Å². The Bertz CT molecular complexity index is 1180. The van der Waals surface area contributed by atoms with E-state index >= 15 is 0 Å². The van der Waals surface area contributed by atoms with Crippen LogP contribution in [0.25, 0.3) is 11.4 Å². The molecule has 6 nitrogen and oxygen atoms in total. The fourth-order valence-electron chi connectivity index (χ4n) is 4.32. The Morgan fingerprint density at radius 2 is 1.91 bits per heavy atom. The molecule has 3 aromatic rings. The standard InChI is InChI=1S/C25H25F4N5O/c1-15-5-3-10-34(21(15)14-33-22-7-6-17(13-32-22)25(27,28)29)24(35)19-11-16(2)20(26)12-18(19)23-30-8-4-9-31-23/h4,6-9,11-13,15,21H,3,5,10,14H2,1-2H3,(H,32,33)/t15-,21?/m1/s1. The number of carbonyl (C=O) groups excluding carboxylic acids is 1. The van der Waals surface area contributed by atoms with Crippen molar-refractivity contribution in [3.8, 4) is 11.4 Å². The fourth-order valence-corrected chi connectivity index (χ4v) is 4.32. The van der Waals surface area contributed by atoms with Gasteiger partial charge in [-0.05, 0) is 61.6 Å². The van der Waals surface area contributed by atoms with Gasteiger partial charge >= 0.3 is 6.18 Å². The van der Waals surface area contributed by atoms with Crippen LogP contribution in [-0.2, 0) is 6.18 Å². The van der Waals surface area contributed by atoms with Crippen LogP contribution in [-0.4, -0.2) is 44.9 Å². The van der Waals surface area contributed by atoms with Crippen molar-refractivity contribution in [2.45, 2.75) is 38.9 Å². The van der Waals surface area contributed by atoms with Crippen molar-refractivity contribution >= 4 is 11.7 Å². The summed E-state index contributed by atoms with van der Waals surface area (Å²) in [6, 6.07) is 6.44. The zero-order valence-electron chi connectivity index (χ0n) is 19.3. The minimum absolute atomic E-state index is 0.132. The Morgan fingerprint density at radius 3 is 2.57 bits per heavy atom. The molecule has 1 amide bonds. The average molecular weight is 488 g/mol. The molecular weight excluding hydrogens is 462 g/mol. The van der Waals surface area contributed by atoms with Crippen LogP contribution in [0.15, 0.2) is 48.9 Å². The number of pyridine rings is 1. The third-order valence-corrected chi connectivity index (χ3v) is 6.30. The first kappa shape index (κ1) is 24.6. The summed E-state index contributed by atoms with van der Waals surface area (Å²) in [6.45, 7) is 4.43. The highest BCUT2D eigenvalue weighted by atomic mass is 19.4. The number of alkyl halides is 3. The predicted octanol–water partition coefficient (Wildman–Crippen LogP) is 5.36. The fraction of sp³-hybridized carbons (Fsp3) is 0.360. The highest BCUT2D eigenvalue weighted by Gasteiger charge is 2.34. The van der Waals surface area contributed by atoms with Crippen LogP contribution < -0.4 is 5.32 Å². The van der Waals surface area contributed by atoms with Crippen LogP contribution in [0.5, 0.6) is 0 Å². The second-order valence-corrected chi connectivity index (χ2v) is 8.72. The second-order valence-electron chi connectivity index (χ2n) is 8.72. The van der Waals surface area contributed by atoms with Gasteiger partial charge in [-0.2, -0.15) is 13.2 Å². The third-order valence-electron chi connectivity index (χ3n) is 6.30. The van der Waals surface area contributed by atoms with Crippen molar-refractivity contribution in [3.05, 3.63) is 71.4 Å². The van der Waals surface area contributed by atoms with E-state index in [1.807, 2.05) is 6.92 Å². The molecule has 1 fully saturated rings. The van der Waals surface area contributed by atoms with Gasteiger partial charge in [0.25, 0.3) is 5.91 Å². The summed E-state index contributed by atoms with van der Waals surface area (Å²) in [5.74, 6) is -0.0490. The first-order valence-corrected chi connectivity index (χ1v) is 11.3. The number of carbonyl (C=O) groups is 1. The molecule has 10 heteroatoms. The topological polar surface area (TPSA) is 71.0 Å². The molecule has 1 aromatic carbocycles. The number of hydrogen-bond acceptors (Lipinski definition) is 5. The van der Waals surface area contributed by atoms with Crippen LogP contribution in [0.3, 0.4) is 0 Å². The van der Waals surface area contributed by atoms with Crippen LogP contribution in [0.4, 0.5) is 23.4 Å². The molecule has 1 N–H and O–H groups in total. The number of anilines is 1. The van der Waals surface area contributed by atoms with E-state index in [0.717, 1.165) is 25.1 Å². The minimum atomic E-state index is -4.46. The van der Waals surface area contributed by atoms with Gasteiger partial charge in [-0.3, -0.25) is 4.79 Å². The van der Waals surface area contributed by atoms with Gasteiger partial charge in [-0.1, -0.05) is 6.92 Å². The van der Waals surface area contributed by atoms with Gasteiger partial charge in [0.1, 0.15) is 11.6 Å². The van der Waals surface area contributed by atoms with Crippen molar-refractivity contribution in [2.75, 3.05) is 18.4 Å². The Kier molecular flexibility index (Phi) is 7.00. The summed E-state index contributed by atoms with van der Waals surface area (Å²) in [7, 11) is 0. The Morgan fingerprint density at radius 1 is 1.17 bits per heavy atom. The number of piperidine rings is 1. The average Bonchev–Trinajstić information content (AvgIpc) is 2.84. The molecule has 1 unspecified atom stereocenters. The third kappa shape index (κ3) is 5.41. The van der Waals surface area contributed by atoms with E-state index in [-0.39, 0.29) is 23.7 Å². The Balaban J connectivity index is 1.60. The van der Waals surface area contributed by atoms with Gasteiger partial charge in [0.2, 0.25) is 0 Å². The van der Waals surface area contributed by atoms with Gasteiger partial charge in [-0.15, -0.1) is 0 Å².